The summed E-state index contributed by atoms with van der Waals surface area (Å²) in [7, 11) is 4.03. The van der Waals surface area contributed by atoms with Gasteiger partial charge in [0.1, 0.15) is 0 Å². The average Bonchev–Trinajstić information content (AvgIpc) is 2.63. The van der Waals surface area contributed by atoms with Crippen LogP contribution in [0.15, 0.2) is 22.7 Å². The van der Waals surface area contributed by atoms with Gasteiger partial charge in [0.05, 0.1) is 15.9 Å². The number of hydrogen-bond acceptors (Lipinski definition) is 2. The summed E-state index contributed by atoms with van der Waals surface area (Å²) in [6.07, 6.45) is 0.917. The van der Waals surface area contributed by atoms with Crippen LogP contribution in [0.25, 0.3) is 0 Å². The van der Waals surface area contributed by atoms with E-state index in [4.69, 9.17) is 0 Å². The molecule has 20 heavy (non-hydrogen) atoms. The summed E-state index contributed by atoms with van der Waals surface area (Å²) in [4.78, 5) is 0. The predicted octanol–water partition coefficient (Wildman–Crippen LogP) is 3.61. The molecule has 1 unspecified atom stereocenters. The zero-order chi connectivity index (χ0) is 14.9. The van der Waals surface area contributed by atoms with Crippen LogP contribution in [0.4, 0.5) is 0 Å². The van der Waals surface area contributed by atoms with Crippen LogP contribution in [0.3, 0.4) is 0 Å². The molecule has 0 spiro atoms. The molecular weight excluding hydrogens is 314 g/mol. The van der Waals surface area contributed by atoms with Crippen LogP contribution in [0.1, 0.15) is 34.1 Å². The monoisotopic (exact) mass is 335 g/mol. The molecule has 0 saturated carbocycles. The number of aromatic nitrogens is 2. The Hall–Kier alpha value is -1.13. The van der Waals surface area contributed by atoms with Gasteiger partial charge in [0.15, 0.2) is 0 Å². The number of nitrogens with zero attached hydrogens (tertiary/aromatic N) is 2. The van der Waals surface area contributed by atoms with Crippen LogP contribution in [0.5, 0.6) is 0 Å². The van der Waals surface area contributed by atoms with E-state index >= 15 is 0 Å². The number of hydrogen-bond donors (Lipinski definition) is 1. The van der Waals surface area contributed by atoms with Gasteiger partial charge in [0, 0.05) is 19.5 Å². The van der Waals surface area contributed by atoms with Gasteiger partial charge in [-0.1, -0.05) is 18.2 Å². The molecule has 1 atom stereocenters. The van der Waals surface area contributed by atoms with Gasteiger partial charge in [-0.05, 0) is 60.4 Å². The molecule has 1 N–H and O–H groups in total. The van der Waals surface area contributed by atoms with Crippen LogP contribution >= 0.6 is 15.9 Å². The fourth-order valence-electron chi connectivity index (χ4n) is 2.82. The number of nitrogens with one attached hydrogen (secondary N) is 1. The third kappa shape index (κ3) is 2.81. The van der Waals surface area contributed by atoms with E-state index in [1.165, 1.54) is 22.4 Å². The lowest BCUT2D eigenvalue weighted by atomic mass is 9.93. The highest BCUT2D eigenvalue weighted by Gasteiger charge is 2.19. The third-order valence-corrected chi connectivity index (χ3v) is 4.93. The van der Waals surface area contributed by atoms with Crippen molar-refractivity contribution in [3.05, 3.63) is 50.8 Å². The van der Waals surface area contributed by atoms with E-state index in [0.717, 1.165) is 16.6 Å². The van der Waals surface area contributed by atoms with E-state index in [0.29, 0.717) is 6.04 Å². The Morgan fingerprint density at radius 2 is 1.85 bits per heavy atom. The van der Waals surface area contributed by atoms with Gasteiger partial charge in [0.25, 0.3) is 0 Å². The lowest BCUT2D eigenvalue weighted by Gasteiger charge is -2.21. The molecule has 2 rings (SSSR count). The lowest BCUT2D eigenvalue weighted by molar-refractivity contribution is 0.555. The molecule has 1 aromatic carbocycles. The Balaban J connectivity index is 2.39. The molecule has 0 aliphatic rings. The topological polar surface area (TPSA) is 29.9 Å². The molecule has 0 aliphatic carbocycles. The summed E-state index contributed by atoms with van der Waals surface area (Å²) in [6, 6.07) is 6.76. The van der Waals surface area contributed by atoms with Crippen LogP contribution in [0.2, 0.25) is 0 Å². The molecule has 0 radical (unpaired) electrons. The second-order valence-corrected chi connectivity index (χ2v) is 6.11. The van der Waals surface area contributed by atoms with Crippen molar-refractivity contribution in [3.8, 4) is 0 Å². The number of rotatable bonds is 4. The van der Waals surface area contributed by atoms with E-state index in [1.54, 1.807) is 0 Å². The highest BCUT2D eigenvalue weighted by molar-refractivity contribution is 9.10. The maximum absolute atomic E-state index is 4.48. The molecule has 3 nitrogen and oxygen atoms in total. The molecular formula is C16H22BrN3. The third-order valence-electron chi connectivity index (χ3n) is 3.90. The molecule has 0 bridgehead atoms. The average molecular weight is 336 g/mol. The van der Waals surface area contributed by atoms with Gasteiger partial charge in [-0.15, -0.1) is 0 Å². The minimum absolute atomic E-state index is 0.294. The van der Waals surface area contributed by atoms with Crippen LogP contribution in [0, 0.1) is 20.8 Å². The minimum Gasteiger partial charge on any atom is -0.313 e. The highest BCUT2D eigenvalue weighted by atomic mass is 79.9. The summed E-state index contributed by atoms with van der Waals surface area (Å²) in [5.74, 6) is 0. The van der Waals surface area contributed by atoms with E-state index < -0.39 is 0 Å². The second kappa shape index (κ2) is 6.10. The van der Waals surface area contributed by atoms with Gasteiger partial charge in [-0.25, -0.2) is 0 Å². The number of aryl methyl sites for hydroxylation is 4. The zero-order valence-electron chi connectivity index (χ0n) is 12.8. The van der Waals surface area contributed by atoms with Crippen LogP contribution in [-0.2, 0) is 13.5 Å². The summed E-state index contributed by atoms with van der Waals surface area (Å²) in [5.41, 5.74) is 6.32. The van der Waals surface area contributed by atoms with Crippen molar-refractivity contribution in [2.75, 3.05) is 7.05 Å². The first kappa shape index (κ1) is 15.3. The van der Waals surface area contributed by atoms with E-state index in [1.807, 2.05) is 25.7 Å². The zero-order valence-corrected chi connectivity index (χ0v) is 14.4. The lowest BCUT2D eigenvalue weighted by Crippen LogP contribution is -2.22. The van der Waals surface area contributed by atoms with Gasteiger partial charge >= 0.3 is 0 Å². The Bertz CT molecular complexity index is 596. The predicted molar refractivity (Wildman–Crippen MR) is 87.1 cm³/mol. The number of halogens is 1. The minimum atomic E-state index is 0.294. The van der Waals surface area contributed by atoms with E-state index in [2.05, 4.69) is 58.4 Å². The first-order valence-corrected chi connectivity index (χ1v) is 7.66. The quantitative estimate of drug-likeness (QED) is 0.924. The molecule has 0 amide bonds. The first-order valence-electron chi connectivity index (χ1n) is 6.87. The Morgan fingerprint density at radius 3 is 2.30 bits per heavy atom. The molecule has 0 fully saturated rings. The number of benzene rings is 1. The van der Waals surface area contributed by atoms with Crippen LogP contribution < -0.4 is 5.32 Å². The number of likely N-dealkylation sites (N-methyl/N-ethyl adjacent to an activating group) is 1. The standard InChI is InChI=1S/C16H22BrN3/c1-10-7-6-8-11(2)15(10)13(18-4)9-14-16(17)12(3)19-20(14)5/h6-8,13,18H,9H2,1-5H3. The molecule has 2 aromatic rings. The van der Waals surface area contributed by atoms with Crippen molar-refractivity contribution in [1.82, 2.24) is 15.1 Å². The normalized spacial score (nSPS) is 12.7. The maximum atomic E-state index is 4.48. The van der Waals surface area contributed by atoms with Crippen LogP contribution in [-0.4, -0.2) is 16.8 Å². The summed E-state index contributed by atoms with van der Waals surface area (Å²) in [5, 5.41) is 7.93. The van der Waals surface area contributed by atoms with Crippen molar-refractivity contribution in [2.45, 2.75) is 33.2 Å². The van der Waals surface area contributed by atoms with Gasteiger partial charge in [0.2, 0.25) is 0 Å². The SMILES string of the molecule is CNC(Cc1c(Br)c(C)nn1C)c1c(C)cccc1C. The summed E-state index contributed by atoms with van der Waals surface area (Å²) in [6.45, 7) is 6.38. The van der Waals surface area contributed by atoms with Crippen molar-refractivity contribution in [1.29, 1.82) is 0 Å². The van der Waals surface area contributed by atoms with Crippen molar-refractivity contribution in [3.63, 3.8) is 0 Å². The molecule has 108 valence electrons. The highest BCUT2D eigenvalue weighted by Crippen LogP contribution is 2.28. The van der Waals surface area contributed by atoms with E-state index in [9.17, 15) is 0 Å². The summed E-state index contributed by atoms with van der Waals surface area (Å²) < 4.78 is 3.09. The van der Waals surface area contributed by atoms with Crippen molar-refractivity contribution in [2.24, 2.45) is 7.05 Å². The molecule has 4 heteroatoms. The fourth-order valence-corrected chi connectivity index (χ4v) is 3.32. The van der Waals surface area contributed by atoms with Gasteiger partial charge < -0.3 is 5.32 Å². The largest absolute Gasteiger partial charge is 0.313 e. The molecule has 1 heterocycles. The van der Waals surface area contributed by atoms with Crippen molar-refractivity contribution < 1.29 is 0 Å². The van der Waals surface area contributed by atoms with E-state index in [-0.39, 0.29) is 0 Å². The molecule has 0 aliphatic heterocycles. The Labute approximate surface area is 129 Å². The fraction of sp³-hybridized carbons (Fsp3) is 0.438. The second-order valence-electron chi connectivity index (χ2n) is 5.32. The molecule has 0 saturated heterocycles. The smallest absolute Gasteiger partial charge is 0.0738 e. The van der Waals surface area contributed by atoms with Crippen molar-refractivity contribution >= 4 is 15.9 Å². The Kier molecular flexibility index (Phi) is 4.66. The van der Waals surface area contributed by atoms with Gasteiger partial charge in [-0.2, -0.15) is 5.10 Å². The molecule has 1 aromatic heterocycles. The first-order chi connectivity index (χ1) is 9.45. The summed E-state index contributed by atoms with van der Waals surface area (Å²) >= 11 is 3.66. The Morgan fingerprint density at radius 1 is 1.25 bits per heavy atom. The maximum Gasteiger partial charge on any atom is 0.0738 e. The van der Waals surface area contributed by atoms with Gasteiger partial charge in [-0.3, -0.25) is 4.68 Å².